The zero-order chi connectivity index (χ0) is 10.2. The van der Waals surface area contributed by atoms with Crippen molar-refractivity contribution in [2.75, 3.05) is 24.6 Å². The predicted molar refractivity (Wildman–Crippen MR) is 67.0 cm³/mol. The molecule has 1 saturated heterocycles. The summed E-state index contributed by atoms with van der Waals surface area (Å²) in [7, 11) is 0. The van der Waals surface area contributed by atoms with E-state index in [1.807, 2.05) is 0 Å². The highest BCUT2D eigenvalue weighted by molar-refractivity contribution is 7.99. The molecule has 0 aliphatic carbocycles. The van der Waals surface area contributed by atoms with Crippen LogP contribution >= 0.6 is 11.8 Å². The molecular weight excluding hydrogens is 190 g/mol. The average molecular weight is 215 g/mol. The van der Waals surface area contributed by atoms with Gasteiger partial charge in [-0.3, -0.25) is 0 Å². The summed E-state index contributed by atoms with van der Waals surface area (Å²) in [5.41, 5.74) is 0. The molecule has 1 nitrogen and oxygen atoms in total. The molecular formula is C12H25NS. The summed E-state index contributed by atoms with van der Waals surface area (Å²) in [5, 5.41) is 3.60. The quantitative estimate of drug-likeness (QED) is 0.683. The van der Waals surface area contributed by atoms with Crippen LogP contribution in [0.15, 0.2) is 0 Å². The molecule has 0 amide bonds. The van der Waals surface area contributed by atoms with Crippen molar-refractivity contribution in [1.82, 2.24) is 5.32 Å². The summed E-state index contributed by atoms with van der Waals surface area (Å²) in [6.07, 6.45) is 5.58. The Bertz CT molecular complexity index is 130. The molecule has 0 radical (unpaired) electrons. The first-order valence-electron chi connectivity index (χ1n) is 6.07. The third-order valence-electron chi connectivity index (χ3n) is 2.91. The van der Waals surface area contributed by atoms with Crippen LogP contribution in [0.5, 0.6) is 0 Å². The summed E-state index contributed by atoms with van der Waals surface area (Å²) in [6.45, 7) is 7.09. The first kappa shape index (κ1) is 12.4. The van der Waals surface area contributed by atoms with Gasteiger partial charge in [0.15, 0.2) is 0 Å². The highest BCUT2D eigenvalue weighted by atomic mass is 32.2. The summed E-state index contributed by atoms with van der Waals surface area (Å²) >= 11 is 2.12. The van der Waals surface area contributed by atoms with E-state index in [1.54, 1.807) is 0 Å². The molecule has 84 valence electrons. The van der Waals surface area contributed by atoms with Crippen molar-refractivity contribution in [3.63, 3.8) is 0 Å². The van der Waals surface area contributed by atoms with Crippen LogP contribution in [0.25, 0.3) is 0 Å². The Balaban J connectivity index is 1.87. The van der Waals surface area contributed by atoms with Crippen molar-refractivity contribution in [3.8, 4) is 0 Å². The Hall–Kier alpha value is 0.310. The molecule has 0 atom stereocenters. The molecule has 0 unspecified atom stereocenters. The van der Waals surface area contributed by atoms with Crippen molar-refractivity contribution in [2.24, 2.45) is 11.8 Å². The molecule has 0 spiro atoms. The normalized spacial score (nSPS) is 19.1. The van der Waals surface area contributed by atoms with E-state index in [0.29, 0.717) is 0 Å². The monoisotopic (exact) mass is 215 g/mol. The molecule has 0 aromatic carbocycles. The van der Waals surface area contributed by atoms with E-state index in [4.69, 9.17) is 0 Å². The maximum atomic E-state index is 3.60. The van der Waals surface area contributed by atoms with Gasteiger partial charge in [-0.25, -0.2) is 0 Å². The fourth-order valence-electron chi connectivity index (χ4n) is 1.89. The highest BCUT2D eigenvalue weighted by Gasteiger charge is 2.12. The van der Waals surface area contributed by atoms with E-state index in [2.05, 4.69) is 30.9 Å². The highest BCUT2D eigenvalue weighted by Crippen LogP contribution is 2.21. The minimum Gasteiger partial charge on any atom is -0.316 e. The lowest BCUT2D eigenvalue weighted by molar-refractivity contribution is 0.436. The van der Waals surface area contributed by atoms with Gasteiger partial charge in [0.1, 0.15) is 0 Å². The van der Waals surface area contributed by atoms with Crippen LogP contribution in [0.3, 0.4) is 0 Å². The predicted octanol–water partition coefficient (Wildman–Crippen LogP) is 3.16. The SMILES string of the molecule is CC(C)CCCNCC1CCSCC1. The molecule has 1 fully saturated rings. The second kappa shape index (κ2) is 7.58. The van der Waals surface area contributed by atoms with Gasteiger partial charge in [-0.15, -0.1) is 0 Å². The Labute approximate surface area is 93.4 Å². The summed E-state index contributed by atoms with van der Waals surface area (Å²) in [5.74, 6) is 4.61. The molecule has 0 bridgehead atoms. The fraction of sp³-hybridized carbons (Fsp3) is 1.00. The van der Waals surface area contributed by atoms with E-state index in [-0.39, 0.29) is 0 Å². The lowest BCUT2D eigenvalue weighted by Crippen LogP contribution is -2.26. The number of hydrogen-bond acceptors (Lipinski definition) is 2. The van der Waals surface area contributed by atoms with Crippen molar-refractivity contribution in [1.29, 1.82) is 0 Å². The topological polar surface area (TPSA) is 12.0 Å². The molecule has 1 aliphatic rings. The number of thioether (sulfide) groups is 1. The van der Waals surface area contributed by atoms with E-state index < -0.39 is 0 Å². The molecule has 2 heteroatoms. The minimum atomic E-state index is 0.864. The van der Waals surface area contributed by atoms with E-state index >= 15 is 0 Å². The van der Waals surface area contributed by atoms with Crippen LogP contribution in [-0.2, 0) is 0 Å². The third-order valence-corrected chi connectivity index (χ3v) is 3.96. The van der Waals surface area contributed by atoms with Crippen LogP contribution in [0.2, 0.25) is 0 Å². The third kappa shape index (κ3) is 5.92. The first-order chi connectivity index (χ1) is 6.79. The number of nitrogens with one attached hydrogen (secondary N) is 1. The van der Waals surface area contributed by atoms with Crippen LogP contribution in [0.1, 0.15) is 39.5 Å². The second-order valence-electron chi connectivity index (χ2n) is 4.80. The minimum absolute atomic E-state index is 0.864. The fourth-order valence-corrected chi connectivity index (χ4v) is 3.10. The van der Waals surface area contributed by atoms with Gasteiger partial charge in [0.25, 0.3) is 0 Å². The van der Waals surface area contributed by atoms with Crippen molar-refractivity contribution in [3.05, 3.63) is 0 Å². The maximum absolute atomic E-state index is 3.60. The molecule has 1 N–H and O–H groups in total. The van der Waals surface area contributed by atoms with Gasteiger partial charge in [0.2, 0.25) is 0 Å². The van der Waals surface area contributed by atoms with Gasteiger partial charge in [0, 0.05) is 0 Å². The standard InChI is InChI=1S/C12H25NS/c1-11(2)4-3-7-13-10-12-5-8-14-9-6-12/h11-13H,3-10H2,1-2H3. The lowest BCUT2D eigenvalue weighted by Gasteiger charge is -2.21. The maximum Gasteiger partial charge on any atom is -0.00199 e. The summed E-state index contributed by atoms with van der Waals surface area (Å²) < 4.78 is 0. The van der Waals surface area contributed by atoms with Crippen molar-refractivity contribution in [2.45, 2.75) is 39.5 Å². The van der Waals surface area contributed by atoms with Gasteiger partial charge in [0.05, 0.1) is 0 Å². The smallest absolute Gasteiger partial charge is 0.00199 e. The van der Waals surface area contributed by atoms with Gasteiger partial charge >= 0.3 is 0 Å². The molecule has 0 saturated carbocycles. The second-order valence-corrected chi connectivity index (χ2v) is 6.02. The molecule has 1 heterocycles. The molecule has 0 aromatic heterocycles. The summed E-state index contributed by atoms with van der Waals surface area (Å²) in [4.78, 5) is 0. The Morgan fingerprint density at radius 3 is 2.64 bits per heavy atom. The zero-order valence-corrected chi connectivity index (χ0v) is 10.5. The number of hydrogen-bond donors (Lipinski definition) is 1. The average Bonchev–Trinajstić information content (AvgIpc) is 2.18. The largest absolute Gasteiger partial charge is 0.316 e. The van der Waals surface area contributed by atoms with Gasteiger partial charge < -0.3 is 5.32 Å². The van der Waals surface area contributed by atoms with Gasteiger partial charge in [-0.2, -0.15) is 11.8 Å². The zero-order valence-electron chi connectivity index (χ0n) is 9.72. The van der Waals surface area contributed by atoms with Crippen LogP contribution in [0, 0.1) is 11.8 Å². The molecule has 14 heavy (non-hydrogen) atoms. The van der Waals surface area contributed by atoms with E-state index in [0.717, 1.165) is 11.8 Å². The number of rotatable bonds is 6. The van der Waals surface area contributed by atoms with Gasteiger partial charge in [-0.1, -0.05) is 13.8 Å². The summed E-state index contributed by atoms with van der Waals surface area (Å²) in [6, 6.07) is 0. The lowest BCUT2D eigenvalue weighted by atomic mass is 10.0. The Kier molecular flexibility index (Phi) is 6.70. The molecule has 1 rings (SSSR count). The Morgan fingerprint density at radius 2 is 2.00 bits per heavy atom. The Morgan fingerprint density at radius 1 is 1.29 bits per heavy atom. The van der Waals surface area contributed by atoms with Crippen LogP contribution in [0.4, 0.5) is 0 Å². The van der Waals surface area contributed by atoms with E-state index in [9.17, 15) is 0 Å². The van der Waals surface area contributed by atoms with Crippen LogP contribution < -0.4 is 5.32 Å². The van der Waals surface area contributed by atoms with Crippen molar-refractivity contribution >= 4 is 11.8 Å². The molecule has 1 aliphatic heterocycles. The van der Waals surface area contributed by atoms with E-state index in [1.165, 1.54) is 50.3 Å². The van der Waals surface area contributed by atoms with Crippen LogP contribution in [-0.4, -0.2) is 24.6 Å². The van der Waals surface area contributed by atoms with Gasteiger partial charge in [-0.05, 0) is 62.1 Å². The molecule has 0 aromatic rings. The van der Waals surface area contributed by atoms with Crippen molar-refractivity contribution < 1.29 is 0 Å². The first-order valence-corrected chi connectivity index (χ1v) is 7.23.